The fraction of sp³-hybridized carbons (Fsp3) is 0.423. The molecule has 2 fully saturated rings. The molecular formula is C26H29BrClFN6O. The second-order valence-electron chi connectivity index (χ2n) is 9.78. The zero-order valence-corrected chi connectivity index (χ0v) is 22.7. The van der Waals surface area contributed by atoms with Crippen molar-refractivity contribution in [3.05, 3.63) is 51.7 Å². The Balaban J connectivity index is 1.37. The first-order valence-electron chi connectivity index (χ1n) is 12.2. The quantitative estimate of drug-likeness (QED) is 0.419. The molecule has 1 unspecified atom stereocenters. The number of fused-ring (bicyclic) bond motifs is 1. The summed E-state index contributed by atoms with van der Waals surface area (Å²) >= 11 is 9.44. The van der Waals surface area contributed by atoms with Crippen LogP contribution in [0.2, 0.25) is 5.02 Å². The van der Waals surface area contributed by atoms with Crippen molar-refractivity contribution < 1.29 is 9.18 Å². The molecule has 1 amide bonds. The molecule has 1 aromatic heterocycles. The molecule has 2 aliphatic heterocycles. The molecule has 0 saturated carbocycles. The van der Waals surface area contributed by atoms with Gasteiger partial charge in [0.25, 0.3) is 0 Å². The minimum Gasteiger partial charge on any atom is -0.341 e. The molecule has 2 saturated heterocycles. The van der Waals surface area contributed by atoms with Gasteiger partial charge in [-0.15, -0.1) is 0 Å². The number of carbonyl (C=O) groups excluding carboxylic acids is 1. The van der Waals surface area contributed by atoms with E-state index in [4.69, 9.17) is 21.6 Å². The lowest BCUT2D eigenvalue weighted by Crippen LogP contribution is -2.56. The summed E-state index contributed by atoms with van der Waals surface area (Å²) in [6, 6.07) is 10.4. The van der Waals surface area contributed by atoms with Crippen LogP contribution >= 0.6 is 27.5 Å². The second-order valence-corrected chi connectivity index (χ2v) is 11.1. The van der Waals surface area contributed by atoms with Gasteiger partial charge in [0.1, 0.15) is 11.6 Å². The molecule has 0 radical (unpaired) electrons. The highest BCUT2D eigenvalue weighted by atomic mass is 79.9. The summed E-state index contributed by atoms with van der Waals surface area (Å²) in [7, 11) is 1.92. The van der Waals surface area contributed by atoms with Gasteiger partial charge in [-0.2, -0.15) is 4.98 Å². The molecule has 0 spiro atoms. The SMILES string of the molecule is CN(C(=O)C1(C)CCCN1)C1CCN(c2nc(Nc3ccc(Cl)cc3F)c3cc(Br)ccc3n2)CC1. The van der Waals surface area contributed by atoms with Gasteiger partial charge in [0.15, 0.2) is 0 Å². The van der Waals surface area contributed by atoms with Crippen LogP contribution in [0.25, 0.3) is 10.9 Å². The maximum absolute atomic E-state index is 14.5. The summed E-state index contributed by atoms with van der Waals surface area (Å²) in [5.74, 6) is 0.818. The average Bonchev–Trinajstić information content (AvgIpc) is 3.32. The van der Waals surface area contributed by atoms with Crippen molar-refractivity contribution in [3.8, 4) is 0 Å². The van der Waals surface area contributed by atoms with E-state index < -0.39 is 11.4 Å². The Morgan fingerprint density at radius 1 is 1.25 bits per heavy atom. The van der Waals surface area contributed by atoms with Crippen LogP contribution in [0.5, 0.6) is 0 Å². The zero-order chi connectivity index (χ0) is 25.4. The number of piperidine rings is 1. The molecule has 10 heteroatoms. The van der Waals surface area contributed by atoms with Crippen LogP contribution in [-0.4, -0.2) is 59.0 Å². The molecular weight excluding hydrogens is 547 g/mol. The highest BCUT2D eigenvalue weighted by molar-refractivity contribution is 9.10. The lowest BCUT2D eigenvalue weighted by molar-refractivity contribution is -0.138. The molecule has 0 bridgehead atoms. The number of halogens is 3. The Bertz CT molecular complexity index is 1290. The van der Waals surface area contributed by atoms with Crippen LogP contribution < -0.4 is 15.5 Å². The lowest BCUT2D eigenvalue weighted by atomic mass is 9.95. The van der Waals surface area contributed by atoms with Crippen LogP contribution in [-0.2, 0) is 4.79 Å². The number of hydrogen-bond donors (Lipinski definition) is 2. The van der Waals surface area contributed by atoms with Gasteiger partial charge in [-0.05, 0) is 75.5 Å². The molecule has 36 heavy (non-hydrogen) atoms. The first kappa shape index (κ1) is 25.2. The number of benzene rings is 2. The van der Waals surface area contributed by atoms with Gasteiger partial charge in [0.05, 0.1) is 16.7 Å². The fourth-order valence-corrected chi connectivity index (χ4v) is 5.65. The van der Waals surface area contributed by atoms with E-state index in [1.807, 2.05) is 37.1 Å². The van der Waals surface area contributed by atoms with Crippen LogP contribution in [0.3, 0.4) is 0 Å². The van der Waals surface area contributed by atoms with Gasteiger partial charge >= 0.3 is 0 Å². The van der Waals surface area contributed by atoms with Crippen molar-refractivity contribution in [2.75, 3.05) is 36.9 Å². The molecule has 7 nitrogen and oxygen atoms in total. The smallest absolute Gasteiger partial charge is 0.242 e. The van der Waals surface area contributed by atoms with E-state index in [9.17, 15) is 9.18 Å². The number of hydrogen-bond acceptors (Lipinski definition) is 6. The largest absolute Gasteiger partial charge is 0.341 e. The van der Waals surface area contributed by atoms with E-state index in [-0.39, 0.29) is 17.6 Å². The van der Waals surface area contributed by atoms with Gasteiger partial charge < -0.3 is 20.4 Å². The standard InChI is InChI=1S/C26H29BrClFN6O/c1-26(10-3-11-30-26)24(36)34(2)18-8-12-35(13-9-18)25-32-21-6-4-16(27)14-19(21)23(33-25)31-22-7-5-17(28)15-20(22)29/h4-7,14-15,18,30H,3,8-13H2,1-2H3,(H,31,32,33). The second kappa shape index (κ2) is 10.1. The van der Waals surface area contributed by atoms with Gasteiger partial charge in [0, 0.05) is 41.1 Å². The Morgan fingerprint density at radius 2 is 2.03 bits per heavy atom. The predicted octanol–water partition coefficient (Wildman–Crippen LogP) is 5.50. The van der Waals surface area contributed by atoms with Crippen LogP contribution in [0.4, 0.5) is 21.8 Å². The maximum Gasteiger partial charge on any atom is 0.242 e. The summed E-state index contributed by atoms with van der Waals surface area (Å²) in [5, 5.41) is 7.62. The third-order valence-electron chi connectivity index (χ3n) is 7.29. The predicted molar refractivity (Wildman–Crippen MR) is 146 cm³/mol. The van der Waals surface area contributed by atoms with Crippen molar-refractivity contribution >= 4 is 61.8 Å². The summed E-state index contributed by atoms with van der Waals surface area (Å²) < 4.78 is 15.4. The molecule has 3 heterocycles. The molecule has 1 atom stereocenters. The zero-order valence-electron chi connectivity index (χ0n) is 20.3. The van der Waals surface area contributed by atoms with E-state index >= 15 is 0 Å². The Hall–Kier alpha value is -2.49. The van der Waals surface area contributed by atoms with Crippen molar-refractivity contribution in [3.63, 3.8) is 0 Å². The Labute approximate surface area is 223 Å². The van der Waals surface area contributed by atoms with Gasteiger partial charge in [0.2, 0.25) is 11.9 Å². The van der Waals surface area contributed by atoms with Crippen molar-refractivity contribution in [1.29, 1.82) is 0 Å². The summed E-state index contributed by atoms with van der Waals surface area (Å²) in [4.78, 5) is 26.8. The molecule has 3 aromatic rings. The monoisotopic (exact) mass is 574 g/mol. The van der Waals surface area contributed by atoms with Crippen LogP contribution in [0, 0.1) is 5.82 Å². The highest BCUT2D eigenvalue weighted by Gasteiger charge is 2.40. The number of likely N-dealkylation sites (N-methyl/N-ethyl adjacent to an activating group) is 1. The van der Waals surface area contributed by atoms with E-state index in [2.05, 4.69) is 31.5 Å². The Kier molecular flexibility index (Phi) is 7.07. The third-order valence-corrected chi connectivity index (χ3v) is 8.01. The van der Waals surface area contributed by atoms with E-state index in [1.165, 1.54) is 6.07 Å². The normalized spacial score (nSPS) is 20.6. The first-order chi connectivity index (χ1) is 17.2. The minimum atomic E-state index is -0.459. The topological polar surface area (TPSA) is 73.4 Å². The number of aromatic nitrogens is 2. The number of nitrogens with zero attached hydrogens (tertiary/aromatic N) is 4. The number of nitrogens with one attached hydrogen (secondary N) is 2. The van der Waals surface area contributed by atoms with Crippen molar-refractivity contribution in [2.24, 2.45) is 0 Å². The lowest BCUT2D eigenvalue weighted by Gasteiger charge is -2.39. The van der Waals surface area contributed by atoms with E-state index in [0.717, 1.165) is 60.7 Å². The maximum atomic E-state index is 14.5. The van der Waals surface area contributed by atoms with E-state index in [0.29, 0.717) is 16.8 Å². The van der Waals surface area contributed by atoms with Crippen LogP contribution in [0.1, 0.15) is 32.6 Å². The number of rotatable bonds is 5. The van der Waals surface area contributed by atoms with Gasteiger partial charge in [-0.25, -0.2) is 9.37 Å². The molecule has 2 aromatic carbocycles. The molecule has 2 aliphatic rings. The van der Waals surface area contributed by atoms with Crippen molar-refractivity contribution in [2.45, 2.75) is 44.2 Å². The van der Waals surface area contributed by atoms with Crippen molar-refractivity contribution in [1.82, 2.24) is 20.2 Å². The van der Waals surface area contributed by atoms with Gasteiger partial charge in [-0.3, -0.25) is 4.79 Å². The molecule has 5 rings (SSSR count). The summed E-state index contributed by atoms with van der Waals surface area (Å²) in [5.41, 5.74) is 0.590. The summed E-state index contributed by atoms with van der Waals surface area (Å²) in [6.07, 6.45) is 3.56. The van der Waals surface area contributed by atoms with Crippen LogP contribution in [0.15, 0.2) is 40.9 Å². The first-order valence-corrected chi connectivity index (χ1v) is 13.4. The fourth-order valence-electron chi connectivity index (χ4n) is 5.13. The molecule has 190 valence electrons. The number of anilines is 3. The minimum absolute atomic E-state index is 0.169. The molecule has 2 N–H and O–H groups in total. The summed E-state index contributed by atoms with van der Waals surface area (Å²) in [6.45, 7) is 4.35. The van der Waals surface area contributed by atoms with E-state index in [1.54, 1.807) is 12.1 Å². The Morgan fingerprint density at radius 3 is 2.72 bits per heavy atom. The number of amides is 1. The average molecular weight is 576 g/mol. The van der Waals surface area contributed by atoms with Gasteiger partial charge in [-0.1, -0.05) is 27.5 Å². The highest BCUT2D eigenvalue weighted by Crippen LogP contribution is 2.32. The molecule has 0 aliphatic carbocycles. The third kappa shape index (κ3) is 5.01. The number of carbonyl (C=O) groups is 1.